The molecule has 0 saturated carbocycles. The average Bonchev–Trinajstić information content (AvgIpc) is 2.72. The zero-order valence-electron chi connectivity index (χ0n) is 16.1. The third-order valence-electron chi connectivity index (χ3n) is 4.05. The Morgan fingerprint density at radius 2 is 1.84 bits per heavy atom. The van der Waals surface area contributed by atoms with Crippen LogP contribution in [0.25, 0.3) is 11.3 Å². The number of anilines is 1. The number of hydrogen-bond donors (Lipinski definition) is 1. The fourth-order valence-corrected chi connectivity index (χ4v) is 4.17. The van der Waals surface area contributed by atoms with Crippen LogP contribution in [0.3, 0.4) is 0 Å². The number of alkyl halides is 3. The summed E-state index contributed by atoms with van der Waals surface area (Å²) >= 11 is 5.86. The van der Waals surface area contributed by atoms with Crippen LogP contribution < -0.4 is 9.46 Å². The molecule has 11 heteroatoms. The molecule has 0 saturated heterocycles. The molecule has 0 atom stereocenters. The molecule has 0 spiro atoms. The minimum Gasteiger partial charge on any atom is -0.477 e. The van der Waals surface area contributed by atoms with Crippen LogP contribution in [0, 0.1) is 0 Å². The number of aromatic nitrogens is 2. The van der Waals surface area contributed by atoms with Crippen LogP contribution in [0.4, 0.5) is 18.9 Å². The predicted octanol–water partition coefficient (Wildman–Crippen LogP) is 5.41. The van der Waals surface area contributed by atoms with Gasteiger partial charge in [0.1, 0.15) is 4.90 Å². The van der Waals surface area contributed by atoms with Gasteiger partial charge in [-0.05, 0) is 42.8 Å². The Labute approximate surface area is 182 Å². The van der Waals surface area contributed by atoms with E-state index in [1.165, 1.54) is 12.1 Å². The summed E-state index contributed by atoms with van der Waals surface area (Å²) in [4.78, 5) is -0.674. The molecule has 0 fully saturated rings. The Hall–Kier alpha value is -2.85. The number of halogens is 4. The summed E-state index contributed by atoms with van der Waals surface area (Å²) in [6.45, 7) is 2.46. The lowest BCUT2D eigenvalue weighted by Crippen LogP contribution is -2.15. The van der Waals surface area contributed by atoms with Crippen molar-refractivity contribution in [2.24, 2.45) is 0 Å². The molecule has 3 aromatic rings. The molecule has 0 radical (unpaired) electrons. The second-order valence-electron chi connectivity index (χ2n) is 6.43. The van der Waals surface area contributed by atoms with Gasteiger partial charge in [-0.1, -0.05) is 30.7 Å². The second kappa shape index (κ2) is 9.11. The Morgan fingerprint density at radius 3 is 2.48 bits per heavy atom. The lowest BCUT2D eigenvalue weighted by atomic mass is 10.1. The molecule has 0 aliphatic rings. The van der Waals surface area contributed by atoms with Gasteiger partial charge in [0.2, 0.25) is 5.88 Å². The van der Waals surface area contributed by atoms with Crippen LogP contribution in [-0.2, 0) is 16.2 Å². The summed E-state index contributed by atoms with van der Waals surface area (Å²) in [6, 6.07) is 11.6. The minimum atomic E-state index is -4.71. The maximum absolute atomic E-state index is 13.0. The van der Waals surface area contributed by atoms with E-state index in [9.17, 15) is 21.6 Å². The number of hydrogen-bond acceptors (Lipinski definition) is 5. The van der Waals surface area contributed by atoms with Crippen LogP contribution in [0.1, 0.15) is 18.9 Å². The highest BCUT2D eigenvalue weighted by atomic mass is 35.5. The van der Waals surface area contributed by atoms with E-state index in [0.717, 1.165) is 12.5 Å². The molecule has 1 heterocycles. The van der Waals surface area contributed by atoms with Crippen molar-refractivity contribution >= 4 is 27.3 Å². The summed E-state index contributed by atoms with van der Waals surface area (Å²) in [6.07, 6.45) is -3.89. The molecule has 0 aliphatic heterocycles. The van der Waals surface area contributed by atoms with Crippen LogP contribution in [-0.4, -0.2) is 25.2 Å². The SMILES string of the molecule is CCCOc1ccc(-c2cccc(NS(=O)(=O)c3cc(C(F)(F)F)ccc3Cl)c2)nn1. The molecule has 6 nitrogen and oxygen atoms in total. The monoisotopic (exact) mass is 471 g/mol. The van der Waals surface area contributed by atoms with Gasteiger partial charge in [0.25, 0.3) is 10.0 Å². The van der Waals surface area contributed by atoms with E-state index in [0.29, 0.717) is 35.9 Å². The van der Waals surface area contributed by atoms with E-state index >= 15 is 0 Å². The predicted molar refractivity (Wildman–Crippen MR) is 111 cm³/mol. The Balaban J connectivity index is 1.87. The van der Waals surface area contributed by atoms with Gasteiger partial charge in [-0.15, -0.1) is 10.2 Å². The van der Waals surface area contributed by atoms with Crippen LogP contribution in [0.2, 0.25) is 5.02 Å². The summed E-state index contributed by atoms with van der Waals surface area (Å²) in [5.41, 5.74) is 0.0117. The zero-order chi connectivity index (χ0) is 22.6. The maximum Gasteiger partial charge on any atom is 0.416 e. The number of ether oxygens (including phenoxy) is 1. The second-order valence-corrected chi connectivity index (χ2v) is 8.49. The van der Waals surface area contributed by atoms with Gasteiger partial charge in [0.15, 0.2) is 0 Å². The first-order valence-electron chi connectivity index (χ1n) is 9.06. The summed E-state index contributed by atoms with van der Waals surface area (Å²) in [5.74, 6) is 0.363. The number of nitrogens with zero attached hydrogens (tertiary/aromatic N) is 2. The lowest BCUT2D eigenvalue weighted by molar-refractivity contribution is -0.137. The van der Waals surface area contributed by atoms with Gasteiger partial charge in [0.05, 0.1) is 22.9 Å². The van der Waals surface area contributed by atoms with Gasteiger partial charge in [-0.3, -0.25) is 4.72 Å². The summed E-state index contributed by atoms with van der Waals surface area (Å²) in [7, 11) is -4.38. The maximum atomic E-state index is 13.0. The number of sulfonamides is 1. The Kier molecular flexibility index (Phi) is 6.71. The fourth-order valence-electron chi connectivity index (χ4n) is 2.60. The zero-order valence-corrected chi connectivity index (χ0v) is 17.7. The largest absolute Gasteiger partial charge is 0.477 e. The highest BCUT2D eigenvalue weighted by Crippen LogP contribution is 2.34. The van der Waals surface area contributed by atoms with E-state index in [4.69, 9.17) is 16.3 Å². The van der Waals surface area contributed by atoms with Gasteiger partial charge in [0, 0.05) is 17.3 Å². The van der Waals surface area contributed by atoms with Crippen molar-refractivity contribution in [2.45, 2.75) is 24.4 Å². The fraction of sp³-hybridized carbons (Fsp3) is 0.200. The van der Waals surface area contributed by atoms with Gasteiger partial charge < -0.3 is 4.74 Å². The van der Waals surface area contributed by atoms with Gasteiger partial charge in [-0.25, -0.2) is 8.42 Å². The van der Waals surface area contributed by atoms with Crippen LogP contribution in [0.5, 0.6) is 5.88 Å². The highest BCUT2D eigenvalue weighted by Gasteiger charge is 2.32. The molecule has 1 aromatic heterocycles. The smallest absolute Gasteiger partial charge is 0.416 e. The van der Waals surface area contributed by atoms with Gasteiger partial charge >= 0.3 is 6.18 Å². The van der Waals surface area contributed by atoms with Crippen molar-refractivity contribution in [1.82, 2.24) is 10.2 Å². The van der Waals surface area contributed by atoms with E-state index in [-0.39, 0.29) is 10.7 Å². The molecular weight excluding hydrogens is 455 g/mol. The van der Waals surface area contributed by atoms with Crippen molar-refractivity contribution < 1.29 is 26.3 Å². The lowest BCUT2D eigenvalue weighted by Gasteiger charge is -2.13. The van der Waals surface area contributed by atoms with Gasteiger partial charge in [-0.2, -0.15) is 13.2 Å². The molecule has 0 unspecified atom stereocenters. The minimum absolute atomic E-state index is 0.124. The quantitative estimate of drug-likeness (QED) is 0.498. The molecule has 0 aliphatic carbocycles. The Morgan fingerprint density at radius 1 is 1.06 bits per heavy atom. The van der Waals surface area contributed by atoms with Crippen molar-refractivity contribution in [3.8, 4) is 17.1 Å². The first kappa shape index (κ1) is 22.8. The average molecular weight is 472 g/mol. The molecule has 31 heavy (non-hydrogen) atoms. The van der Waals surface area contributed by atoms with Crippen molar-refractivity contribution in [3.63, 3.8) is 0 Å². The summed E-state index contributed by atoms with van der Waals surface area (Å²) < 4.78 is 71.9. The summed E-state index contributed by atoms with van der Waals surface area (Å²) in [5, 5.41) is 7.68. The van der Waals surface area contributed by atoms with E-state index < -0.39 is 26.7 Å². The highest BCUT2D eigenvalue weighted by molar-refractivity contribution is 7.92. The number of nitrogens with one attached hydrogen (secondary N) is 1. The Bertz CT molecular complexity index is 1170. The molecule has 0 bridgehead atoms. The molecule has 3 rings (SSSR count). The molecular formula is C20H17ClF3N3O3S. The number of rotatable bonds is 7. The third-order valence-corrected chi connectivity index (χ3v) is 5.92. The van der Waals surface area contributed by atoms with Crippen molar-refractivity contribution in [3.05, 3.63) is 65.2 Å². The van der Waals surface area contributed by atoms with E-state index in [1.54, 1.807) is 24.3 Å². The van der Waals surface area contributed by atoms with E-state index in [2.05, 4.69) is 14.9 Å². The standard InChI is InChI=1S/C20H17ClF3N3O3S/c1-2-10-30-19-9-8-17(25-26-19)13-4-3-5-15(11-13)27-31(28,29)18-12-14(20(22,23)24)6-7-16(18)21/h3-9,11-12,27H,2,10H2,1H3. The normalized spacial score (nSPS) is 11.9. The molecule has 1 N–H and O–H groups in total. The first-order chi connectivity index (χ1) is 14.6. The topological polar surface area (TPSA) is 81.2 Å². The third kappa shape index (κ3) is 5.65. The van der Waals surface area contributed by atoms with Crippen LogP contribution in [0.15, 0.2) is 59.5 Å². The van der Waals surface area contributed by atoms with Crippen molar-refractivity contribution in [2.75, 3.05) is 11.3 Å². The van der Waals surface area contributed by atoms with E-state index in [1.807, 2.05) is 6.92 Å². The molecule has 164 valence electrons. The first-order valence-corrected chi connectivity index (χ1v) is 10.9. The molecule has 2 aromatic carbocycles. The van der Waals surface area contributed by atoms with Crippen molar-refractivity contribution in [1.29, 1.82) is 0 Å². The number of benzene rings is 2. The van der Waals surface area contributed by atoms with Crippen LogP contribution >= 0.6 is 11.6 Å². The molecule has 0 amide bonds.